The van der Waals surface area contributed by atoms with Crippen LogP contribution in [0.3, 0.4) is 0 Å². The molecule has 1 amide bonds. The molecule has 1 aromatic heterocycles. The number of methoxy groups -OCH3 is 1. The van der Waals surface area contributed by atoms with Crippen LogP contribution in [0.15, 0.2) is 71.5 Å². The Morgan fingerprint density at radius 1 is 1.00 bits per heavy atom. The van der Waals surface area contributed by atoms with Gasteiger partial charge in [0.15, 0.2) is 17.3 Å². The van der Waals surface area contributed by atoms with Crippen LogP contribution in [0.25, 0.3) is 16.6 Å². The molecule has 0 fully saturated rings. The summed E-state index contributed by atoms with van der Waals surface area (Å²) in [6, 6.07) is 19.2. The number of para-hydroxylation sites is 1. The first-order chi connectivity index (χ1) is 17.0. The number of carbonyl (C=O) groups is 1. The number of aromatic nitrogens is 2. The first kappa shape index (κ1) is 24.3. The van der Waals surface area contributed by atoms with E-state index in [-0.39, 0.29) is 18.1 Å². The van der Waals surface area contributed by atoms with Gasteiger partial charge in [-0.3, -0.25) is 14.2 Å². The molecule has 4 aromatic rings. The number of halogens is 1. The van der Waals surface area contributed by atoms with Gasteiger partial charge in [0.05, 0.1) is 23.7 Å². The zero-order valence-electron chi connectivity index (χ0n) is 19.8. The van der Waals surface area contributed by atoms with Crippen LogP contribution >= 0.6 is 11.6 Å². The Morgan fingerprint density at radius 3 is 2.40 bits per heavy atom. The number of rotatable bonds is 8. The summed E-state index contributed by atoms with van der Waals surface area (Å²) in [4.78, 5) is 32.5. The molecule has 0 aliphatic rings. The van der Waals surface area contributed by atoms with Crippen molar-refractivity contribution in [2.45, 2.75) is 20.5 Å². The summed E-state index contributed by atoms with van der Waals surface area (Å²) in [7, 11) is 1.52. The standard InChI is InChI=1S/C27H26ClN3O4/c1-4-30(5-2)26(32)18-10-15-23(24(16-18)34-3)35-17-25-29-22-9-7-6-8-21(22)27(33)31(25)20-13-11-19(28)12-14-20/h6-16H,4-5,17H2,1-3H3. The van der Waals surface area contributed by atoms with Crippen molar-refractivity contribution >= 4 is 28.4 Å². The van der Waals surface area contributed by atoms with Gasteiger partial charge in [0.2, 0.25) is 0 Å². The highest BCUT2D eigenvalue weighted by atomic mass is 35.5. The lowest BCUT2D eigenvalue weighted by molar-refractivity contribution is 0.0772. The van der Waals surface area contributed by atoms with Crippen LogP contribution in [0.5, 0.6) is 11.5 Å². The molecule has 0 N–H and O–H groups in total. The molecular formula is C27H26ClN3O4. The largest absolute Gasteiger partial charge is 0.493 e. The van der Waals surface area contributed by atoms with Gasteiger partial charge in [-0.05, 0) is 68.4 Å². The average Bonchev–Trinajstić information content (AvgIpc) is 2.89. The van der Waals surface area contributed by atoms with E-state index in [2.05, 4.69) is 0 Å². The smallest absolute Gasteiger partial charge is 0.266 e. The fourth-order valence-corrected chi connectivity index (χ4v) is 4.01. The van der Waals surface area contributed by atoms with Gasteiger partial charge in [0.1, 0.15) is 6.61 Å². The molecule has 0 radical (unpaired) electrons. The predicted molar refractivity (Wildman–Crippen MR) is 137 cm³/mol. The maximum atomic E-state index is 13.4. The lowest BCUT2D eigenvalue weighted by atomic mass is 10.1. The minimum atomic E-state index is -0.205. The predicted octanol–water partition coefficient (Wildman–Crippen LogP) is 5.11. The van der Waals surface area contributed by atoms with Gasteiger partial charge in [0, 0.05) is 23.7 Å². The quantitative estimate of drug-likeness (QED) is 0.342. The molecule has 0 bridgehead atoms. The molecule has 0 unspecified atom stereocenters. The molecule has 35 heavy (non-hydrogen) atoms. The van der Waals surface area contributed by atoms with Crippen LogP contribution in [0, 0.1) is 0 Å². The fraction of sp³-hybridized carbons (Fsp3) is 0.222. The van der Waals surface area contributed by atoms with Gasteiger partial charge < -0.3 is 14.4 Å². The molecule has 8 heteroatoms. The number of amides is 1. The Morgan fingerprint density at radius 2 is 1.71 bits per heavy atom. The van der Waals surface area contributed by atoms with Gasteiger partial charge in [0.25, 0.3) is 11.5 Å². The second-order valence-electron chi connectivity index (χ2n) is 7.79. The number of carbonyl (C=O) groups excluding carboxylic acids is 1. The van der Waals surface area contributed by atoms with Crippen LogP contribution in [0.4, 0.5) is 0 Å². The topological polar surface area (TPSA) is 73.7 Å². The zero-order chi connectivity index (χ0) is 24.9. The Hall–Kier alpha value is -3.84. The maximum Gasteiger partial charge on any atom is 0.266 e. The first-order valence-corrected chi connectivity index (χ1v) is 11.7. The molecular weight excluding hydrogens is 466 g/mol. The van der Waals surface area contributed by atoms with E-state index < -0.39 is 0 Å². The van der Waals surface area contributed by atoms with Crippen LogP contribution in [0.1, 0.15) is 30.0 Å². The molecule has 0 saturated heterocycles. The van der Waals surface area contributed by atoms with Crippen molar-refractivity contribution in [2.24, 2.45) is 0 Å². The Kier molecular flexibility index (Phi) is 7.36. The van der Waals surface area contributed by atoms with E-state index >= 15 is 0 Å². The molecule has 3 aromatic carbocycles. The Balaban J connectivity index is 1.71. The van der Waals surface area contributed by atoms with Crippen LogP contribution in [-0.4, -0.2) is 40.6 Å². The third-order valence-corrected chi connectivity index (χ3v) is 6.00. The lowest BCUT2D eigenvalue weighted by Gasteiger charge is -2.20. The van der Waals surface area contributed by atoms with Gasteiger partial charge in [-0.15, -0.1) is 0 Å². The summed E-state index contributed by atoms with van der Waals surface area (Å²) in [5, 5.41) is 1.07. The Labute approximate surface area is 208 Å². The van der Waals surface area contributed by atoms with Crippen molar-refractivity contribution in [3.8, 4) is 17.2 Å². The van der Waals surface area contributed by atoms with Gasteiger partial charge in [-0.1, -0.05) is 23.7 Å². The molecule has 0 atom stereocenters. The van der Waals surface area contributed by atoms with Crippen molar-refractivity contribution in [3.63, 3.8) is 0 Å². The van der Waals surface area contributed by atoms with E-state index in [1.807, 2.05) is 19.9 Å². The van der Waals surface area contributed by atoms with Crippen molar-refractivity contribution in [1.29, 1.82) is 0 Å². The van der Waals surface area contributed by atoms with Gasteiger partial charge in [-0.25, -0.2) is 4.98 Å². The zero-order valence-corrected chi connectivity index (χ0v) is 20.6. The van der Waals surface area contributed by atoms with E-state index in [0.717, 1.165) is 0 Å². The molecule has 4 rings (SSSR count). The summed E-state index contributed by atoms with van der Waals surface area (Å²) in [5.41, 5.74) is 1.51. The summed E-state index contributed by atoms with van der Waals surface area (Å²) in [6.45, 7) is 5.11. The van der Waals surface area contributed by atoms with E-state index in [9.17, 15) is 9.59 Å². The fourth-order valence-electron chi connectivity index (χ4n) is 3.89. The molecule has 0 saturated carbocycles. The molecule has 180 valence electrons. The molecule has 0 spiro atoms. The molecule has 7 nitrogen and oxygen atoms in total. The normalized spacial score (nSPS) is 10.9. The minimum Gasteiger partial charge on any atom is -0.493 e. The number of fused-ring (bicyclic) bond motifs is 1. The van der Waals surface area contributed by atoms with Gasteiger partial charge >= 0.3 is 0 Å². The first-order valence-electron chi connectivity index (χ1n) is 11.3. The molecule has 0 aliphatic heterocycles. The number of nitrogens with zero attached hydrogens (tertiary/aromatic N) is 3. The van der Waals surface area contributed by atoms with Gasteiger partial charge in [-0.2, -0.15) is 0 Å². The van der Waals surface area contributed by atoms with E-state index in [1.165, 1.54) is 11.7 Å². The third-order valence-electron chi connectivity index (χ3n) is 5.75. The number of hydrogen-bond acceptors (Lipinski definition) is 5. The monoisotopic (exact) mass is 491 g/mol. The third kappa shape index (κ3) is 5.00. The highest BCUT2D eigenvalue weighted by Gasteiger charge is 2.17. The lowest BCUT2D eigenvalue weighted by Crippen LogP contribution is -2.30. The Bertz CT molecular complexity index is 1410. The summed E-state index contributed by atoms with van der Waals surface area (Å²) in [5.74, 6) is 1.20. The van der Waals surface area contributed by atoms with Crippen molar-refractivity contribution in [2.75, 3.05) is 20.2 Å². The number of hydrogen-bond donors (Lipinski definition) is 0. The number of ether oxygens (including phenoxy) is 2. The van der Waals surface area contributed by atoms with Crippen LogP contribution < -0.4 is 15.0 Å². The summed E-state index contributed by atoms with van der Waals surface area (Å²) in [6.07, 6.45) is 0. The molecule has 0 aliphatic carbocycles. The van der Waals surface area contributed by atoms with Crippen molar-refractivity contribution in [1.82, 2.24) is 14.5 Å². The summed E-state index contributed by atoms with van der Waals surface area (Å²) >= 11 is 6.05. The van der Waals surface area contributed by atoms with Crippen molar-refractivity contribution < 1.29 is 14.3 Å². The minimum absolute atomic E-state index is 0.00238. The maximum absolute atomic E-state index is 13.4. The van der Waals surface area contributed by atoms with Crippen molar-refractivity contribution in [3.05, 3.63) is 93.5 Å². The SMILES string of the molecule is CCN(CC)C(=O)c1ccc(OCc2nc3ccccc3c(=O)n2-c2ccc(Cl)cc2)c(OC)c1. The highest BCUT2D eigenvalue weighted by Crippen LogP contribution is 2.29. The highest BCUT2D eigenvalue weighted by molar-refractivity contribution is 6.30. The van der Waals surface area contributed by atoms with E-state index in [0.29, 0.717) is 57.6 Å². The second-order valence-corrected chi connectivity index (χ2v) is 8.23. The van der Waals surface area contributed by atoms with E-state index in [1.54, 1.807) is 65.6 Å². The summed E-state index contributed by atoms with van der Waals surface area (Å²) < 4.78 is 13.1. The average molecular weight is 492 g/mol. The van der Waals surface area contributed by atoms with E-state index in [4.69, 9.17) is 26.1 Å². The number of benzene rings is 3. The van der Waals surface area contributed by atoms with Crippen LogP contribution in [0.2, 0.25) is 5.02 Å². The second kappa shape index (κ2) is 10.6. The van der Waals surface area contributed by atoms with Crippen LogP contribution in [-0.2, 0) is 6.61 Å². The molecule has 1 heterocycles.